The first-order valence-corrected chi connectivity index (χ1v) is 5.47. The van der Waals surface area contributed by atoms with Gasteiger partial charge < -0.3 is 4.90 Å². The molecule has 0 aromatic carbocycles. The van der Waals surface area contributed by atoms with Gasteiger partial charge in [0.25, 0.3) is 0 Å². The zero-order valence-corrected chi connectivity index (χ0v) is 10.4. The molecule has 0 aliphatic carbocycles. The van der Waals surface area contributed by atoms with Crippen molar-refractivity contribution in [3.05, 3.63) is 0 Å². The molecule has 0 aromatic heterocycles. The van der Waals surface area contributed by atoms with Crippen molar-refractivity contribution in [2.75, 3.05) is 13.1 Å². The summed E-state index contributed by atoms with van der Waals surface area (Å²) in [6, 6.07) is 0. The lowest BCUT2D eigenvalue weighted by Crippen LogP contribution is -2.50. The van der Waals surface area contributed by atoms with Crippen LogP contribution in [0, 0.1) is 10.8 Å². The van der Waals surface area contributed by atoms with Crippen LogP contribution in [0.2, 0.25) is 0 Å². The molecule has 0 unspecified atom stereocenters. The van der Waals surface area contributed by atoms with Gasteiger partial charge in [-0.1, -0.05) is 34.6 Å². The molecule has 0 aromatic rings. The number of carbonyl (C=O) groups is 2. The smallest absolute Gasteiger partial charge is 0.228 e. The fourth-order valence-electron chi connectivity index (χ4n) is 1.67. The van der Waals surface area contributed by atoms with Gasteiger partial charge >= 0.3 is 0 Å². The van der Waals surface area contributed by atoms with E-state index in [1.165, 1.54) is 0 Å². The first-order valence-electron chi connectivity index (χ1n) is 5.47. The Balaban J connectivity index is 2.71. The van der Waals surface area contributed by atoms with Gasteiger partial charge in [0.05, 0.1) is 6.54 Å². The van der Waals surface area contributed by atoms with E-state index in [0.29, 0.717) is 6.54 Å². The molecule has 1 amide bonds. The molecule has 1 fully saturated rings. The molecule has 1 saturated heterocycles. The van der Waals surface area contributed by atoms with E-state index in [-0.39, 0.29) is 29.1 Å². The molecule has 1 aliphatic rings. The highest BCUT2D eigenvalue weighted by atomic mass is 16.2. The van der Waals surface area contributed by atoms with Gasteiger partial charge in [-0.2, -0.15) is 0 Å². The van der Waals surface area contributed by atoms with Crippen molar-refractivity contribution in [1.82, 2.24) is 4.90 Å². The molecule has 15 heavy (non-hydrogen) atoms. The molecule has 0 radical (unpaired) electrons. The van der Waals surface area contributed by atoms with Crippen LogP contribution in [0.5, 0.6) is 0 Å². The molecular formula is C12H21NO2. The highest BCUT2D eigenvalue weighted by molar-refractivity contribution is 5.92. The van der Waals surface area contributed by atoms with Crippen LogP contribution in [0.4, 0.5) is 0 Å². The number of nitrogens with zero attached hydrogens (tertiary/aromatic N) is 1. The van der Waals surface area contributed by atoms with E-state index >= 15 is 0 Å². The summed E-state index contributed by atoms with van der Waals surface area (Å²) < 4.78 is 0. The molecule has 0 bridgehead atoms. The fourth-order valence-corrected chi connectivity index (χ4v) is 1.67. The van der Waals surface area contributed by atoms with Gasteiger partial charge in [-0.3, -0.25) is 9.59 Å². The Morgan fingerprint density at radius 1 is 1.33 bits per heavy atom. The lowest BCUT2D eigenvalue weighted by atomic mass is 9.80. The minimum atomic E-state index is -0.387. The SMILES string of the molecule is CC(C)(C)C(=O)N1CCC(C)(C)C(=O)C1. The van der Waals surface area contributed by atoms with E-state index in [0.717, 1.165) is 6.42 Å². The molecule has 1 aliphatic heterocycles. The van der Waals surface area contributed by atoms with Crippen molar-refractivity contribution in [3.63, 3.8) is 0 Å². The predicted molar refractivity (Wildman–Crippen MR) is 59.4 cm³/mol. The van der Waals surface area contributed by atoms with Crippen molar-refractivity contribution < 1.29 is 9.59 Å². The summed E-state index contributed by atoms with van der Waals surface area (Å²) in [7, 11) is 0. The largest absolute Gasteiger partial charge is 0.335 e. The lowest BCUT2D eigenvalue weighted by Gasteiger charge is -2.38. The van der Waals surface area contributed by atoms with E-state index in [4.69, 9.17) is 0 Å². The van der Waals surface area contributed by atoms with Gasteiger partial charge in [0.2, 0.25) is 5.91 Å². The Hall–Kier alpha value is -0.860. The average molecular weight is 211 g/mol. The molecule has 0 saturated carbocycles. The number of hydrogen-bond donors (Lipinski definition) is 0. The topological polar surface area (TPSA) is 37.4 Å². The maximum Gasteiger partial charge on any atom is 0.228 e. The molecule has 86 valence electrons. The maximum absolute atomic E-state index is 11.9. The molecule has 3 heteroatoms. The van der Waals surface area contributed by atoms with E-state index in [1.54, 1.807) is 4.90 Å². The summed E-state index contributed by atoms with van der Waals surface area (Å²) >= 11 is 0. The number of rotatable bonds is 0. The van der Waals surface area contributed by atoms with E-state index in [1.807, 2.05) is 34.6 Å². The van der Waals surface area contributed by atoms with Crippen LogP contribution in [0.15, 0.2) is 0 Å². The molecule has 3 nitrogen and oxygen atoms in total. The van der Waals surface area contributed by atoms with Gasteiger partial charge in [0, 0.05) is 17.4 Å². The zero-order chi connectivity index (χ0) is 11.9. The van der Waals surface area contributed by atoms with Crippen LogP contribution >= 0.6 is 0 Å². The van der Waals surface area contributed by atoms with Crippen LogP contribution in [0.1, 0.15) is 41.0 Å². The van der Waals surface area contributed by atoms with Gasteiger partial charge in [-0.15, -0.1) is 0 Å². The summed E-state index contributed by atoms with van der Waals surface area (Å²) in [4.78, 5) is 25.4. The van der Waals surface area contributed by atoms with Gasteiger partial charge in [-0.05, 0) is 6.42 Å². The third-order valence-electron chi connectivity index (χ3n) is 3.02. The number of hydrogen-bond acceptors (Lipinski definition) is 2. The molecule has 0 atom stereocenters. The number of likely N-dealkylation sites (tertiary alicyclic amines) is 1. The van der Waals surface area contributed by atoms with E-state index in [2.05, 4.69) is 0 Å². The highest BCUT2D eigenvalue weighted by Crippen LogP contribution is 2.29. The van der Waals surface area contributed by atoms with Gasteiger partial charge in [-0.25, -0.2) is 0 Å². The van der Waals surface area contributed by atoms with Crippen LogP contribution < -0.4 is 0 Å². The number of carbonyl (C=O) groups excluding carboxylic acids is 2. The summed E-state index contributed by atoms with van der Waals surface area (Å²) in [6.07, 6.45) is 0.771. The van der Waals surface area contributed by atoms with Gasteiger partial charge in [0.15, 0.2) is 5.78 Å². The number of Topliss-reactive ketones (excluding diaryl/α,β-unsaturated/α-hetero) is 1. The molecule has 0 spiro atoms. The van der Waals surface area contributed by atoms with E-state index < -0.39 is 0 Å². The second-order valence-corrected chi connectivity index (χ2v) is 6.03. The Morgan fingerprint density at radius 2 is 1.87 bits per heavy atom. The first-order chi connectivity index (χ1) is 6.64. The lowest BCUT2D eigenvalue weighted by molar-refractivity contribution is -0.148. The van der Waals surface area contributed by atoms with Crippen LogP contribution in [0.25, 0.3) is 0 Å². The molecule has 0 N–H and O–H groups in total. The van der Waals surface area contributed by atoms with Crippen LogP contribution in [-0.2, 0) is 9.59 Å². The fraction of sp³-hybridized carbons (Fsp3) is 0.833. The average Bonchev–Trinajstić information content (AvgIpc) is 2.07. The third-order valence-corrected chi connectivity index (χ3v) is 3.02. The summed E-state index contributed by atoms with van der Waals surface area (Å²) in [6.45, 7) is 10.6. The minimum Gasteiger partial charge on any atom is -0.335 e. The van der Waals surface area contributed by atoms with Crippen molar-refractivity contribution in [3.8, 4) is 0 Å². The monoisotopic (exact) mass is 211 g/mol. The second kappa shape index (κ2) is 3.62. The Morgan fingerprint density at radius 3 is 2.27 bits per heavy atom. The highest BCUT2D eigenvalue weighted by Gasteiger charge is 2.38. The first kappa shape index (κ1) is 12.2. The minimum absolute atomic E-state index is 0.0753. The van der Waals surface area contributed by atoms with Crippen molar-refractivity contribution in [2.45, 2.75) is 41.0 Å². The zero-order valence-electron chi connectivity index (χ0n) is 10.4. The summed E-state index contributed by atoms with van der Waals surface area (Å²) in [5, 5.41) is 0. The second-order valence-electron chi connectivity index (χ2n) is 6.03. The van der Waals surface area contributed by atoms with Crippen LogP contribution in [0.3, 0.4) is 0 Å². The Labute approximate surface area is 91.8 Å². The predicted octanol–water partition coefficient (Wildman–Crippen LogP) is 1.86. The molecule has 1 rings (SSSR count). The number of piperidine rings is 1. The van der Waals surface area contributed by atoms with Crippen LogP contribution in [-0.4, -0.2) is 29.7 Å². The van der Waals surface area contributed by atoms with Crippen molar-refractivity contribution >= 4 is 11.7 Å². The third kappa shape index (κ3) is 2.58. The molecule has 1 heterocycles. The molecular weight excluding hydrogens is 190 g/mol. The van der Waals surface area contributed by atoms with Crippen molar-refractivity contribution in [1.29, 1.82) is 0 Å². The quantitative estimate of drug-likeness (QED) is 0.613. The Kier molecular flexibility index (Phi) is 2.94. The van der Waals surface area contributed by atoms with Gasteiger partial charge in [0.1, 0.15) is 0 Å². The number of amides is 1. The summed E-state index contributed by atoms with van der Waals surface area (Å²) in [5.41, 5.74) is -0.642. The Bertz CT molecular complexity index is 286. The standard InChI is InChI=1S/C12H21NO2/c1-11(2,3)10(15)13-7-6-12(4,5)9(14)8-13/h6-8H2,1-5H3. The normalized spacial score (nSPS) is 21.7. The van der Waals surface area contributed by atoms with E-state index in [9.17, 15) is 9.59 Å². The van der Waals surface area contributed by atoms with Crippen molar-refractivity contribution in [2.24, 2.45) is 10.8 Å². The number of ketones is 1. The maximum atomic E-state index is 11.9. The summed E-state index contributed by atoms with van der Waals surface area (Å²) in [5.74, 6) is 0.248.